The average Bonchev–Trinajstić information content (AvgIpc) is 2.71. The average molecular weight is 264 g/mol. The Labute approximate surface area is 87.0 Å². The summed E-state index contributed by atoms with van der Waals surface area (Å²) in [6, 6.07) is 0. The van der Waals surface area contributed by atoms with Crippen LogP contribution in [-0.2, 0) is 9.47 Å². The highest BCUT2D eigenvalue weighted by Crippen LogP contribution is 2.30. The van der Waals surface area contributed by atoms with Crippen molar-refractivity contribution in [3.63, 3.8) is 0 Å². The minimum Gasteiger partial charge on any atom is -0.345 e. The predicted octanol–water partition coefficient (Wildman–Crippen LogP) is 1.76. The van der Waals surface area contributed by atoms with Crippen LogP contribution >= 0.6 is 27.3 Å². The van der Waals surface area contributed by atoms with Gasteiger partial charge in [-0.25, -0.2) is 4.98 Å². The smallest absolute Gasteiger partial charge is 0.202 e. The van der Waals surface area contributed by atoms with E-state index in [1.807, 2.05) is 0 Å². The van der Waals surface area contributed by atoms with Crippen molar-refractivity contribution in [1.82, 2.24) is 4.98 Å². The number of carbonyl (C=O) groups excluding carboxylic acids is 1. The van der Waals surface area contributed by atoms with Gasteiger partial charge in [-0.15, -0.1) is 11.3 Å². The zero-order chi connectivity index (χ0) is 9.26. The first-order valence-corrected chi connectivity index (χ1v) is 5.27. The van der Waals surface area contributed by atoms with Crippen molar-refractivity contribution in [2.75, 3.05) is 13.2 Å². The van der Waals surface area contributed by atoms with E-state index in [1.165, 1.54) is 11.3 Å². The van der Waals surface area contributed by atoms with E-state index in [1.54, 1.807) is 0 Å². The number of halogens is 1. The first kappa shape index (κ1) is 9.26. The topological polar surface area (TPSA) is 48.4 Å². The lowest BCUT2D eigenvalue weighted by atomic mass is 10.4. The van der Waals surface area contributed by atoms with Crippen molar-refractivity contribution in [2.45, 2.75) is 6.29 Å². The third-order valence-electron chi connectivity index (χ3n) is 1.61. The molecule has 2 rings (SSSR count). The van der Waals surface area contributed by atoms with Gasteiger partial charge in [0.15, 0.2) is 10.2 Å². The highest BCUT2D eigenvalue weighted by molar-refractivity contribution is 9.11. The van der Waals surface area contributed by atoms with Crippen LogP contribution in [0.15, 0.2) is 3.92 Å². The molecule has 0 bridgehead atoms. The highest BCUT2D eigenvalue weighted by Gasteiger charge is 2.24. The Morgan fingerprint density at radius 3 is 2.85 bits per heavy atom. The van der Waals surface area contributed by atoms with Gasteiger partial charge in [-0.1, -0.05) is 0 Å². The summed E-state index contributed by atoms with van der Waals surface area (Å²) < 4.78 is 11.1. The molecule has 1 aliphatic rings. The van der Waals surface area contributed by atoms with E-state index >= 15 is 0 Å². The minimum absolute atomic E-state index is 0.470. The lowest BCUT2D eigenvalue weighted by Crippen LogP contribution is -2.01. The van der Waals surface area contributed by atoms with Gasteiger partial charge in [-0.05, 0) is 15.9 Å². The van der Waals surface area contributed by atoms with Crippen LogP contribution < -0.4 is 0 Å². The lowest BCUT2D eigenvalue weighted by molar-refractivity contribution is -0.0472. The van der Waals surface area contributed by atoms with Crippen molar-refractivity contribution in [2.24, 2.45) is 0 Å². The van der Waals surface area contributed by atoms with Gasteiger partial charge in [0.2, 0.25) is 6.29 Å². The number of carbonyl (C=O) groups is 1. The Morgan fingerprint density at radius 2 is 2.23 bits per heavy atom. The molecule has 1 saturated heterocycles. The standard InChI is InChI=1S/C7H6BrNO3S/c8-7-9-5(4(3-10)13-7)6-11-1-2-12-6/h3,6H,1-2H2. The first-order valence-electron chi connectivity index (χ1n) is 3.66. The Hall–Kier alpha value is -0.300. The summed E-state index contributed by atoms with van der Waals surface area (Å²) in [5.41, 5.74) is 0.573. The van der Waals surface area contributed by atoms with Crippen molar-refractivity contribution in [3.8, 4) is 0 Å². The number of aldehydes is 1. The molecular formula is C7H6BrNO3S. The molecule has 1 fully saturated rings. The molecule has 0 spiro atoms. The van der Waals surface area contributed by atoms with Crippen molar-refractivity contribution in [1.29, 1.82) is 0 Å². The van der Waals surface area contributed by atoms with Gasteiger partial charge < -0.3 is 9.47 Å². The van der Waals surface area contributed by atoms with E-state index in [0.29, 0.717) is 27.7 Å². The Morgan fingerprint density at radius 1 is 1.54 bits per heavy atom. The molecule has 70 valence electrons. The fourth-order valence-electron chi connectivity index (χ4n) is 1.09. The van der Waals surface area contributed by atoms with Crippen LogP contribution in [0.4, 0.5) is 0 Å². The van der Waals surface area contributed by atoms with E-state index in [-0.39, 0.29) is 0 Å². The molecular weight excluding hydrogens is 258 g/mol. The van der Waals surface area contributed by atoms with E-state index in [9.17, 15) is 4.79 Å². The molecule has 0 aromatic carbocycles. The number of hydrogen-bond acceptors (Lipinski definition) is 5. The molecule has 1 aromatic heterocycles. The van der Waals surface area contributed by atoms with E-state index in [0.717, 1.165) is 6.29 Å². The first-order chi connectivity index (χ1) is 6.31. The highest BCUT2D eigenvalue weighted by atomic mass is 79.9. The van der Waals surface area contributed by atoms with E-state index in [2.05, 4.69) is 20.9 Å². The molecule has 4 nitrogen and oxygen atoms in total. The van der Waals surface area contributed by atoms with E-state index in [4.69, 9.17) is 9.47 Å². The van der Waals surface area contributed by atoms with Gasteiger partial charge in [-0.2, -0.15) is 0 Å². The fraction of sp³-hybridized carbons (Fsp3) is 0.429. The summed E-state index contributed by atoms with van der Waals surface area (Å²) in [5, 5.41) is 0. The summed E-state index contributed by atoms with van der Waals surface area (Å²) >= 11 is 4.49. The molecule has 0 atom stereocenters. The van der Waals surface area contributed by atoms with Gasteiger partial charge in [0.05, 0.1) is 18.1 Å². The zero-order valence-corrected chi connectivity index (χ0v) is 8.93. The van der Waals surface area contributed by atoms with Crippen LogP contribution in [0.5, 0.6) is 0 Å². The molecule has 1 aliphatic heterocycles. The quantitative estimate of drug-likeness (QED) is 0.764. The molecule has 13 heavy (non-hydrogen) atoms. The third-order valence-corrected chi connectivity index (χ3v) is 3.05. The molecule has 0 N–H and O–H groups in total. The second-order valence-electron chi connectivity index (χ2n) is 2.41. The van der Waals surface area contributed by atoms with Crippen LogP contribution in [0, 0.1) is 0 Å². The molecule has 2 heterocycles. The van der Waals surface area contributed by atoms with Gasteiger partial charge in [0.1, 0.15) is 5.69 Å². The van der Waals surface area contributed by atoms with Crippen LogP contribution in [-0.4, -0.2) is 24.5 Å². The second kappa shape index (κ2) is 3.83. The summed E-state index contributed by atoms with van der Waals surface area (Å²) in [4.78, 5) is 15.3. The van der Waals surface area contributed by atoms with Crippen LogP contribution in [0.25, 0.3) is 0 Å². The lowest BCUT2D eigenvalue weighted by Gasteiger charge is -2.04. The third kappa shape index (κ3) is 1.80. The fourth-order valence-corrected chi connectivity index (χ4v) is 2.42. The maximum absolute atomic E-state index is 10.6. The number of hydrogen-bond donors (Lipinski definition) is 0. The van der Waals surface area contributed by atoms with Crippen molar-refractivity contribution < 1.29 is 14.3 Å². The summed E-state index contributed by atoms with van der Waals surface area (Å²) in [6.07, 6.45) is 0.297. The van der Waals surface area contributed by atoms with Crippen molar-refractivity contribution in [3.05, 3.63) is 14.5 Å². The number of rotatable bonds is 2. The predicted molar refractivity (Wildman–Crippen MR) is 49.8 cm³/mol. The minimum atomic E-state index is -0.470. The van der Waals surface area contributed by atoms with Gasteiger partial charge in [0.25, 0.3) is 0 Å². The maximum Gasteiger partial charge on any atom is 0.202 e. The molecule has 6 heteroatoms. The molecule has 0 aliphatic carbocycles. The molecule has 0 unspecified atom stereocenters. The largest absolute Gasteiger partial charge is 0.345 e. The Bertz CT molecular complexity index is 322. The van der Waals surface area contributed by atoms with Gasteiger partial charge in [0, 0.05) is 0 Å². The number of thiazole rings is 1. The Kier molecular flexibility index (Phi) is 2.73. The van der Waals surface area contributed by atoms with Gasteiger partial charge in [-0.3, -0.25) is 4.79 Å². The summed E-state index contributed by atoms with van der Waals surface area (Å²) in [6.45, 7) is 1.11. The maximum atomic E-state index is 10.6. The van der Waals surface area contributed by atoms with Crippen LogP contribution in [0.1, 0.15) is 21.7 Å². The Balaban J connectivity index is 2.31. The van der Waals surface area contributed by atoms with Gasteiger partial charge >= 0.3 is 0 Å². The molecule has 0 amide bonds. The monoisotopic (exact) mass is 263 g/mol. The molecule has 1 aromatic rings. The number of nitrogens with zero attached hydrogens (tertiary/aromatic N) is 1. The van der Waals surface area contributed by atoms with Crippen LogP contribution in [0.2, 0.25) is 0 Å². The zero-order valence-electron chi connectivity index (χ0n) is 6.53. The number of aromatic nitrogens is 1. The van der Waals surface area contributed by atoms with Crippen LogP contribution in [0.3, 0.4) is 0 Å². The number of ether oxygens (including phenoxy) is 2. The summed E-state index contributed by atoms with van der Waals surface area (Å²) in [5.74, 6) is 0. The second-order valence-corrected chi connectivity index (χ2v) is 4.71. The summed E-state index contributed by atoms with van der Waals surface area (Å²) in [7, 11) is 0. The van der Waals surface area contributed by atoms with E-state index < -0.39 is 6.29 Å². The normalized spacial score (nSPS) is 17.9. The SMILES string of the molecule is O=Cc1sc(Br)nc1C1OCCO1. The molecule has 0 radical (unpaired) electrons. The molecule has 0 saturated carbocycles. The van der Waals surface area contributed by atoms with Crippen molar-refractivity contribution >= 4 is 33.6 Å².